The van der Waals surface area contributed by atoms with Crippen molar-refractivity contribution in [2.45, 2.75) is 22.6 Å². The lowest BCUT2D eigenvalue weighted by Gasteiger charge is -2.42. The number of rotatable bonds is 4. The SMILES string of the molecule is O=C(CN1C(=O)[C@@H]2[C@H]3C[C@@H]([C@@H]2C1=O)[C@H]1[C@@H](c2ccco2)c2sc(=O)[nH]c2S[C@H]31)Nc1ccc(Cl)cc1. The van der Waals surface area contributed by atoms with Crippen LogP contribution in [0.25, 0.3) is 0 Å². The Hall–Kier alpha value is -2.82. The highest BCUT2D eigenvalue weighted by atomic mass is 35.5. The first-order valence-electron chi connectivity index (χ1n) is 11.7. The van der Waals surface area contributed by atoms with Crippen LogP contribution in [0.3, 0.4) is 0 Å². The van der Waals surface area contributed by atoms with Crippen molar-refractivity contribution in [1.29, 1.82) is 0 Å². The summed E-state index contributed by atoms with van der Waals surface area (Å²) in [7, 11) is 0. The van der Waals surface area contributed by atoms with Crippen LogP contribution in [0.4, 0.5) is 5.69 Å². The smallest absolute Gasteiger partial charge is 0.305 e. The molecule has 2 saturated carbocycles. The summed E-state index contributed by atoms with van der Waals surface area (Å²) >= 11 is 8.72. The number of hydrogen-bond donors (Lipinski definition) is 2. The van der Waals surface area contributed by atoms with Crippen LogP contribution >= 0.6 is 34.7 Å². The number of thiazole rings is 1. The van der Waals surface area contributed by atoms with E-state index >= 15 is 0 Å². The summed E-state index contributed by atoms with van der Waals surface area (Å²) in [5.74, 6) is -1.11. The summed E-state index contributed by atoms with van der Waals surface area (Å²) in [4.78, 5) is 56.9. The minimum Gasteiger partial charge on any atom is -0.469 e. The number of aromatic amines is 1. The second kappa shape index (κ2) is 8.09. The Balaban J connectivity index is 1.17. The molecule has 184 valence electrons. The van der Waals surface area contributed by atoms with Crippen LogP contribution in [0, 0.1) is 29.6 Å². The highest BCUT2D eigenvalue weighted by molar-refractivity contribution is 8.00. The predicted octanol–water partition coefficient (Wildman–Crippen LogP) is 3.79. The van der Waals surface area contributed by atoms with E-state index in [1.807, 2.05) is 12.1 Å². The average Bonchev–Trinajstić information content (AvgIpc) is 3.66. The lowest BCUT2D eigenvalue weighted by molar-refractivity contribution is -0.143. The van der Waals surface area contributed by atoms with E-state index in [0.29, 0.717) is 10.7 Å². The number of nitrogens with one attached hydrogen (secondary N) is 2. The zero-order chi connectivity index (χ0) is 24.7. The van der Waals surface area contributed by atoms with Gasteiger partial charge in [-0.3, -0.25) is 24.1 Å². The minimum atomic E-state index is -0.442. The fourth-order valence-corrected chi connectivity index (χ4v) is 9.89. The number of benzene rings is 1. The van der Waals surface area contributed by atoms with Crippen molar-refractivity contribution in [1.82, 2.24) is 9.88 Å². The highest BCUT2D eigenvalue weighted by Gasteiger charge is 2.69. The molecule has 36 heavy (non-hydrogen) atoms. The number of aromatic nitrogens is 1. The summed E-state index contributed by atoms with van der Waals surface area (Å²) in [6.07, 6.45) is 2.42. The van der Waals surface area contributed by atoms with Crippen molar-refractivity contribution in [3.05, 3.63) is 68.0 Å². The molecule has 3 amide bonds. The first-order chi connectivity index (χ1) is 17.4. The van der Waals surface area contributed by atoms with E-state index in [9.17, 15) is 19.2 Å². The standard InChI is InChI=1S/C25H20ClN3O5S2/c26-10-3-5-11(6-4-10)27-15(30)9-29-23(31)17-12-8-13(18(17)24(29)32)20-16(12)19(14-2-1-7-34-14)21-22(35-20)28-25(33)36-21/h1-7,12-13,16-20H,8-9H2,(H,27,30)(H,28,33)/t12-,13-,16+,17+,18-,19-,20-/m1/s1. The van der Waals surface area contributed by atoms with Crippen molar-refractivity contribution >= 4 is 58.1 Å². The number of amides is 3. The Morgan fingerprint density at radius 3 is 2.58 bits per heavy atom. The first kappa shape index (κ1) is 22.4. The van der Waals surface area contributed by atoms with Crippen LogP contribution in [-0.2, 0) is 14.4 Å². The van der Waals surface area contributed by atoms with E-state index in [-0.39, 0.29) is 52.2 Å². The third kappa shape index (κ3) is 3.20. The van der Waals surface area contributed by atoms with Crippen molar-refractivity contribution in [2.75, 3.05) is 11.9 Å². The third-order valence-corrected chi connectivity index (χ3v) is 10.9. The molecule has 1 aromatic carbocycles. The molecule has 0 spiro atoms. The number of carbonyl (C=O) groups is 3. The molecule has 4 aliphatic rings. The quantitative estimate of drug-likeness (QED) is 0.486. The van der Waals surface area contributed by atoms with Gasteiger partial charge in [-0.25, -0.2) is 0 Å². The highest BCUT2D eigenvalue weighted by Crippen LogP contribution is 2.68. The van der Waals surface area contributed by atoms with Crippen molar-refractivity contribution in [3.63, 3.8) is 0 Å². The number of hydrogen-bond acceptors (Lipinski definition) is 7. The Morgan fingerprint density at radius 2 is 1.86 bits per heavy atom. The minimum absolute atomic E-state index is 0.00444. The fraction of sp³-hybridized carbons (Fsp3) is 0.360. The molecule has 2 N–H and O–H groups in total. The molecule has 7 atom stereocenters. The van der Waals surface area contributed by atoms with Crippen LogP contribution < -0.4 is 10.2 Å². The number of nitrogens with zero attached hydrogens (tertiary/aromatic N) is 1. The monoisotopic (exact) mass is 541 g/mol. The number of thioether (sulfide) groups is 1. The molecule has 3 fully saturated rings. The summed E-state index contributed by atoms with van der Waals surface area (Å²) in [6, 6.07) is 10.4. The molecule has 7 rings (SSSR count). The van der Waals surface area contributed by atoms with Crippen molar-refractivity contribution < 1.29 is 18.8 Å². The zero-order valence-corrected chi connectivity index (χ0v) is 21.1. The maximum atomic E-state index is 13.6. The van der Waals surface area contributed by atoms with Crippen molar-refractivity contribution in [2.24, 2.45) is 29.6 Å². The van der Waals surface area contributed by atoms with Gasteiger partial charge in [0.1, 0.15) is 12.3 Å². The second-order valence-corrected chi connectivity index (χ2v) is 12.4. The summed E-state index contributed by atoms with van der Waals surface area (Å²) in [6.45, 7) is -0.308. The molecule has 1 saturated heterocycles. The van der Waals surface area contributed by atoms with Gasteiger partial charge in [0.05, 0.1) is 33.9 Å². The molecule has 0 radical (unpaired) electrons. The number of carbonyl (C=O) groups excluding carboxylic acids is 3. The van der Waals surface area contributed by atoms with Gasteiger partial charge in [0.2, 0.25) is 17.7 Å². The molecule has 4 heterocycles. The maximum Gasteiger partial charge on any atom is 0.305 e. The van der Waals surface area contributed by atoms with E-state index in [1.165, 1.54) is 11.3 Å². The third-order valence-electron chi connectivity index (χ3n) is 8.09. The van der Waals surface area contributed by atoms with Gasteiger partial charge in [-0.2, -0.15) is 0 Å². The number of likely N-dealkylation sites (tertiary alicyclic amines) is 1. The van der Waals surface area contributed by atoms with Gasteiger partial charge >= 0.3 is 4.87 Å². The zero-order valence-electron chi connectivity index (χ0n) is 18.7. The molecule has 11 heteroatoms. The number of fused-ring (bicyclic) bond motifs is 9. The normalized spacial score (nSPS) is 31.9. The van der Waals surface area contributed by atoms with Crippen LogP contribution in [-0.4, -0.2) is 39.4 Å². The Kier molecular flexibility index (Phi) is 5.03. The predicted molar refractivity (Wildman–Crippen MR) is 134 cm³/mol. The Bertz CT molecular complexity index is 1450. The van der Waals surface area contributed by atoms with Gasteiger partial charge in [0, 0.05) is 16.0 Å². The maximum absolute atomic E-state index is 13.6. The molecule has 2 aliphatic carbocycles. The summed E-state index contributed by atoms with van der Waals surface area (Å²) in [5, 5.41) is 4.21. The molecule has 2 bridgehead atoms. The molecular formula is C25H20ClN3O5S2. The summed E-state index contributed by atoms with van der Waals surface area (Å²) < 4.78 is 5.81. The average molecular weight is 542 g/mol. The van der Waals surface area contributed by atoms with E-state index in [0.717, 1.165) is 27.0 Å². The number of furan rings is 1. The second-order valence-electron chi connectivity index (χ2n) is 9.79. The van der Waals surface area contributed by atoms with Gasteiger partial charge in [-0.15, -0.1) is 11.8 Å². The lowest BCUT2D eigenvalue weighted by Crippen LogP contribution is -2.42. The van der Waals surface area contributed by atoms with Crippen LogP contribution in [0.5, 0.6) is 0 Å². The summed E-state index contributed by atoms with van der Waals surface area (Å²) in [5.41, 5.74) is 0.549. The van der Waals surface area contributed by atoms with Gasteiger partial charge in [0.25, 0.3) is 0 Å². The van der Waals surface area contributed by atoms with Gasteiger partial charge < -0.3 is 14.7 Å². The number of H-pyrrole nitrogens is 1. The van der Waals surface area contributed by atoms with Gasteiger partial charge in [-0.1, -0.05) is 22.9 Å². The van der Waals surface area contributed by atoms with E-state index < -0.39 is 17.7 Å². The molecule has 2 aromatic heterocycles. The largest absolute Gasteiger partial charge is 0.469 e. The van der Waals surface area contributed by atoms with Gasteiger partial charge in [0.15, 0.2) is 0 Å². The molecule has 8 nitrogen and oxygen atoms in total. The molecule has 3 aromatic rings. The van der Waals surface area contributed by atoms with E-state index in [1.54, 1.807) is 42.3 Å². The van der Waals surface area contributed by atoms with Crippen LogP contribution in [0.2, 0.25) is 5.02 Å². The molecule has 2 aliphatic heterocycles. The van der Waals surface area contributed by atoms with Crippen LogP contribution in [0.15, 0.2) is 56.9 Å². The molecular weight excluding hydrogens is 522 g/mol. The van der Waals surface area contributed by atoms with E-state index in [4.69, 9.17) is 16.0 Å². The first-order valence-corrected chi connectivity index (χ1v) is 13.8. The molecule has 0 unspecified atom stereocenters. The number of halogens is 1. The fourth-order valence-electron chi connectivity index (χ4n) is 6.90. The number of anilines is 1. The topological polar surface area (TPSA) is 112 Å². The van der Waals surface area contributed by atoms with Crippen molar-refractivity contribution in [3.8, 4) is 0 Å². The lowest BCUT2D eigenvalue weighted by atomic mass is 9.69. The Labute approximate surface area is 218 Å². The van der Waals surface area contributed by atoms with Gasteiger partial charge in [-0.05, 0) is 60.6 Å². The number of imide groups is 1. The Morgan fingerprint density at radius 1 is 1.11 bits per heavy atom. The van der Waals surface area contributed by atoms with E-state index in [2.05, 4.69) is 10.3 Å². The van der Waals surface area contributed by atoms with Crippen LogP contribution in [0.1, 0.15) is 23.0 Å².